The van der Waals surface area contributed by atoms with Gasteiger partial charge in [-0.1, -0.05) is 38.5 Å². The molecule has 0 bridgehead atoms. The highest BCUT2D eigenvalue weighted by Gasteiger charge is 2.43. The van der Waals surface area contributed by atoms with Crippen LogP contribution in [0.15, 0.2) is 42.5 Å². The Morgan fingerprint density at radius 2 is 1.70 bits per heavy atom. The van der Waals surface area contributed by atoms with Gasteiger partial charge in [-0.05, 0) is 101 Å². The van der Waals surface area contributed by atoms with E-state index in [4.69, 9.17) is 9.47 Å². The largest absolute Gasteiger partial charge is 0.497 e. The van der Waals surface area contributed by atoms with Crippen molar-refractivity contribution in [1.82, 2.24) is 10.2 Å². The van der Waals surface area contributed by atoms with E-state index >= 15 is 0 Å². The fourth-order valence-electron chi connectivity index (χ4n) is 4.83. The van der Waals surface area contributed by atoms with Gasteiger partial charge < -0.3 is 25.0 Å². The summed E-state index contributed by atoms with van der Waals surface area (Å²) in [6.07, 6.45) is 2.58. The van der Waals surface area contributed by atoms with Crippen LogP contribution >= 0.6 is 0 Å². The molecule has 8 heteroatoms. The van der Waals surface area contributed by atoms with Gasteiger partial charge >= 0.3 is 6.09 Å². The lowest BCUT2D eigenvalue weighted by Gasteiger charge is -2.44. The van der Waals surface area contributed by atoms with Crippen molar-refractivity contribution in [2.75, 3.05) is 12.4 Å². The predicted octanol–water partition coefficient (Wildman–Crippen LogP) is 6.31. The zero-order valence-corrected chi connectivity index (χ0v) is 25.2. The number of carbonyl (C=O) groups excluding carboxylic acids is 3. The molecule has 1 fully saturated rings. The molecule has 3 atom stereocenters. The molecule has 0 spiro atoms. The molecule has 0 aromatic heterocycles. The first-order chi connectivity index (χ1) is 18.9. The molecule has 8 nitrogen and oxygen atoms in total. The smallest absolute Gasteiger partial charge is 0.408 e. The number of amides is 3. The van der Waals surface area contributed by atoms with E-state index in [1.54, 1.807) is 57.0 Å². The fourth-order valence-corrected chi connectivity index (χ4v) is 4.83. The van der Waals surface area contributed by atoms with Crippen molar-refractivity contribution in [1.29, 1.82) is 0 Å². The Hall–Kier alpha value is -3.55. The lowest BCUT2D eigenvalue weighted by molar-refractivity contribution is -0.147. The number of benzene rings is 2. The van der Waals surface area contributed by atoms with Crippen LogP contribution in [0.5, 0.6) is 5.75 Å². The first-order valence-electron chi connectivity index (χ1n) is 14.2. The molecule has 0 saturated heterocycles. The molecule has 0 heterocycles. The van der Waals surface area contributed by atoms with Crippen molar-refractivity contribution in [3.05, 3.63) is 59.2 Å². The Labute approximate surface area is 238 Å². The molecule has 2 aromatic rings. The molecular formula is C32H45N3O5. The van der Waals surface area contributed by atoms with Crippen LogP contribution in [0.3, 0.4) is 0 Å². The summed E-state index contributed by atoms with van der Waals surface area (Å²) in [6, 6.07) is 11.1. The third-order valence-corrected chi connectivity index (χ3v) is 7.70. The predicted molar refractivity (Wildman–Crippen MR) is 157 cm³/mol. The van der Waals surface area contributed by atoms with E-state index in [-0.39, 0.29) is 23.8 Å². The highest BCUT2D eigenvalue weighted by molar-refractivity contribution is 5.99. The second-order valence-electron chi connectivity index (χ2n) is 11.7. The second kappa shape index (κ2) is 13.2. The summed E-state index contributed by atoms with van der Waals surface area (Å²) in [4.78, 5) is 43.2. The summed E-state index contributed by atoms with van der Waals surface area (Å²) in [5.74, 6) is -0.0774. The maximum absolute atomic E-state index is 14.5. The number of rotatable bonds is 10. The lowest BCUT2D eigenvalue weighted by atomic mass is 9.85. The fraction of sp³-hybridized carbons (Fsp3) is 0.531. The molecule has 218 valence electrons. The molecule has 3 rings (SSSR count). The Balaban J connectivity index is 2.07. The molecule has 2 N–H and O–H groups in total. The van der Waals surface area contributed by atoms with E-state index in [1.807, 2.05) is 45.9 Å². The normalized spacial score (nSPS) is 15.7. The summed E-state index contributed by atoms with van der Waals surface area (Å²) in [5, 5.41) is 5.87. The number of ether oxygens (including phenoxy) is 2. The van der Waals surface area contributed by atoms with E-state index in [0.29, 0.717) is 17.9 Å². The Kier molecular flexibility index (Phi) is 10.2. The number of alkyl carbamates (subject to hydrolysis) is 1. The van der Waals surface area contributed by atoms with Gasteiger partial charge in [0.25, 0.3) is 5.91 Å². The van der Waals surface area contributed by atoms with E-state index in [0.717, 1.165) is 36.0 Å². The molecule has 0 radical (unpaired) electrons. The number of anilines is 1. The summed E-state index contributed by atoms with van der Waals surface area (Å²) < 4.78 is 10.8. The number of hydrogen-bond donors (Lipinski definition) is 2. The van der Waals surface area contributed by atoms with Crippen molar-refractivity contribution >= 4 is 23.6 Å². The molecule has 0 aliphatic heterocycles. The van der Waals surface area contributed by atoms with Crippen LogP contribution in [0.1, 0.15) is 83.0 Å². The van der Waals surface area contributed by atoms with E-state index in [9.17, 15) is 14.4 Å². The van der Waals surface area contributed by atoms with Crippen LogP contribution in [0.2, 0.25) is 0 Å². The summed E-state index contributed by atoms with van der Waals surface area (Å²) in [5.41, 5.74) is 2.65. The van der Waals surface area contributed by atoms with Crippen molar-refractivity contribution < 1.29 is 23.9 Å². The number of methoxy groups -OCH3 is 1. The zero-order valence-electron chi connectivity index (χ0n) is 25.2. The standard InChI is InChI=1S/C32H45N3O5/c1-9-20(2)27(34-31(38)40-32(5,6)7)30(37)35(24-13-11-14-24)28(26-15-10-12-21(3)22(26)4)29(36)33-23-16-18-25(39-8)19-17-23/h10,12,15-20,24,27-28H,9,11,13-14H2,1-8H3,(H,33,36)(H,34,38). The Bertz CT molecular complexity index is 1180. The van der Waals surface area contributed by atoms with Gasteiger partial charge in [0, 0.05) is 11.7 Å². The topological polar surface area (TPSA) is 97.0 Å². The third-order valence-electron chi connectivity index (χ3n) is 7.70. The quantitative estimate of drug-likeness (QED) is 0.361. The second-order valence-corrected chi connectivity index (χ2v) is 11.7. The van der Waals surface area contributed by atoms with Gasteiger partial charge in [-0.2, -0.15) is 0 Å². The van der Waals surface area contributed by atoms with Gasteiger partial charge in [0.05, 0.1) is 7.11 Å². The van der Waals surface area contributed by atoms with E-state index in [1.165, 1.54) is 0 Å². The highest BCUT2D eigenvalue weighted by Crippen LogP contribution is 2.36. The van der Waals surface area contributed by atoms with Gasteiger partial charge in [-0.15, -0.1) is 0 Å². The summed E-state index contributed by atoms with van der Waals surface area (Å²) in [7, 11) is 1.59. The average Bonchev–Trinajstić information content (AvgIpc) is 2.86. The maximum atomic E-state index is 14.5. The monoisotopic (exact) mass is 551 g/mol. The molecule has 1 aliphatic carbocycles. The van der Waals surface area contributed by atoms with Gasteiger partial charge in [-0.3, -0.25) is 9.59 Å². The minimum absolute atomic E-state index is 0.119. The number of carbonyl (C=O) groups is 3. The lowest BCUT2D eigenvalue weighted by Crippen LogP contribution is -2.58. The summed E-state index contributed by atoms with van der Waals surface area (Å²) >= 11 is 0. The molecular weight excluding hydrogens is 506 g/mol. The van der Waals surface area contributed by atoms with Crippen LogP contribution in [-0.4, -0.2) is 47.6 Å². The van der Waals surface area contributed by atoms with Crippen molar-refractivity contribution in [3.63, 3.8) is 0 Å². The van der Waals surface area contributed by atoms with Crippen molar-refractivity contribution in [2.45, 2.75) is 97.9 Å². The van der Waals surface area contributed by atoms with Gasteiger partial charge in [0.1, 0.15) is 23.4 Å². The molecule has 40 heavy (non-hydrogen) atoms. The molecule has 1 aliphatic rings. The molecule has 3 amide bonds. The van der Waals surface area contributed by atoms with Gasteiger partial charge in [0.15, 0.2) is 0 Å². The zero-order chi connectivity index (χ0) is 29.6. The first-order valence-corrected chi connectivity index (χ1v) is 14.2. The van der Waals surface area contributed by atoms with Gasteiger partial charge in [0.2, 0.25) is 5.91 Å². The van der Waals surface area contributed by atoms with Crippen molar-refractivity contribution in [3.8, 4) is 5.75 Å². The Morgan fingerprint density at radius 3 is 2.23 bits per heavy atom. The van der Waals surface area contributed by atoms with Crippen LogP contribution in [0.4, 0.5) is 10.5 Å². The maximum Gasteiger partial charge on any atom is 0.408 e. The molecule has 3 unspecified atom stereocenters. The number of nitrogens with one attached hydrogen (secondary N) is 2. The van der Waals surface area contributed by atoms with Crippen LogP contribution in [-0.2, 0) is 14.3 Å². The van der Waals surface area contributed by atoms with Crippen LogP contribution < -0.4 is 15.4 Å². The third kappa shape index (κ3) is 7.55. The first kappa shape index (κ1) is 31.0. The number of aryl methyl sites for hydroxylation is 1. The minimum atomic E-state index is -0.883. The van der Waals surface area contributed by atoms with Crippen molar-refractivity contribution in [2.24, 2.45) is 5.92 Å². The van der Waals surface area contributed by atoms with Crippen LogP contribution in [0.25, 0.3) is 0 Å². The average molecular weight is 552 g/mol. The molecule has 2 aromatic carbocycles. The van der Waals surface area contributed by atoms with Gasteiger partial charge in [-0.25, -0.2) is 4.79 Å². The summed E-state index contributed by atoms with van der Waals surface area (Å²) in [6.45, 7) is 13.2. The Morgan fingerprint density at radius 1 is 1.05 bits per heavy atom. The minimum Gasteiger partial charge on any atom is -0.497 e. The number of hydrogen-bond acceptors (Lipinski definition) is 5. The van der Waals surface area contributed by atoms with Crippen LogP contribution in [0, 0.1) is 19.8 Å². The van der Waals surface area contributed by atoms with E-state index < -0.39 is 23.8 Å². The van der Waals surface area contributed by atoms with E-state index in [2.05, 4.69) is 10.6 Å². The highest BCUT2D eigenvalue weighted by atomic mass is 16.6. The number of nitrogens with zero attached hydrogens (tertiary/aromatic N) is 1. The molecule has 1 saturated carbocycles. The SMILES string of the molecule is CCC(C)C(NC(=O)OC(C)(C)C)C(=O)N(C1CCC1)C(C(=O)Nc1ccc(OC)cc1)c1cccc(C)c1C.